The summed E-state index contributed by atoms with van der Waals surface area (Å²) in [5.74, 6) is 1.21. The summed E-state index contributed by atoms with van der Waals surface area (Å²) < 4.78 is 13.1. The Morgan fingerprint density at radius 2 is 1.88 bits per heavy atom. The van der Waals surface area contributed by atoms with Crippen molar-refractivity contribution < 1.29 is 14.3 Å². The van der Waals surface area contributed by atoms with Crippen LogP contribution in [0.1, 0.15) is 23.0 Å². The van der Waals surface area contributed by atoms with Crippen molar-refractivity contribution in [1.82, 2.24) is 4.57 Å². The molecule has 0 N–H and O–H groups in total. The minimum absolute atomic E-state index is 0.297. The maximum atomic E-state index is 12.3. The van der Waals surface area contributed by atoms with Gasteiger partial charge in [0.05, 0.1) is 17.7 Å². The Kier molecular flexibility index (Phi) is 4.90. The van der Waals surface area contributed by atoms with E-state index in [-0.39, 0.29) is 5.97 Å². The molecule has 1 heterocycles. The third-order valence-corrected chi connectivity index (χ3v) is 4.41. The Balaban J connectivity index is 2.07. The van der Waals surface area contributed by atoms with Crippen LogP contribution in [0, 0.1) is 0 Å². The standard InChI is InChI=1S/C19H18BrNO3/c1-3-23-19(22)18-15-10-9-14(24-13-7-5-4-6-8-13)11-16(15)21(2)17(18)12-20/h4-11H,3,12H2,1-2H3. The molecule has 124 valence electrons. The first-order valence-electron chi connectivity index (χ1n) is 7.73. The molecule has 0 amide bonds. The molecule has 3 aromatic rings. The van der Waals surface area contributed by atoms with Crippen LogP contribution in [0.25, 0.3) is 10.9 Å². The van der Waals surface area contributed by atoms with Gasteiger partial charge >= 0.3 is 5.97 Å². The summed E-state index contributed by atoms with van der Waals surface area (Å²) in [6.45, 7) is 2.16. The predicted octanol–water partition coefficient (Wildman–Crippen LogP) is 5.04. The average molecular weight is 388 g/mol. The lowest BCUT2D eigenvalue weighted by molar-refractivity contribution is 0.0527. The fourth-order valence-electron chi connectivity index (χ4n) is 2.74. The number of fused-ring (bicyclic) bond motifs is 1. The van der Waals surface area contributed by atoms with Crippen LogP contribution in [0.5, 0.6) is 11.5 Å². The van der Waals surface area contributed by atoms with Gasteiger partial charge in [-0.1, -0.05) is 34.1 Å². The quantitative estimate of drug-likeness (QED) is 0.454. The van der Waals surface area contributed by atoms with E-state index < -0.39 is 0 Å². The number of carbonyl (C=O) groups excluding carboxylic acids is 1. The number of ether oxygens (including phenoxy) is 2. The van der Waals surface area contributed by atoms with Gasteiger partial charge in [0.1, 0.15) is 11.5 Å². The summed E-state index contributed by atoms with van der Waals surface area (Å²) in [4.78, 5) is 12.3. The third-order valence-electron chi connectivity index (χ3n) is 3.88. The number of nitrogens with zero attached hydrogens (tertiary/aromatic N) is 1. The molecule has 0 aliphatic carbocycles. The van der Waals surface area contributed by atoms with Crippen molar-refractivity contribution in [1.29, 1.82) is 0 Å². The van der Waals surface area contributed by atoms with E-state index in [0.29, 0.717) is 17.5 Å². The number of alkyl halides is 1. The third kappa shape index (κ3) is 3.04. The largest absolute Gasteiger partial charge is 0.462 e. The molecule has 0 atom stereocenters. The van der Waals surface area contributed by atoms with Gasteiger partial charge in [0.15, 0.2) is 0 Å². The van der Waals surface area contributed by atoms with Gasteiger partial charge in [-0.15, -0.1) is 0 Å². The van der Waals surface area contributed by atoms with Crippen LogP contribution in [-0.4, -0.2) is 17.1 Å². The zero-order valence-corrected chi connectivity index (χ0v) is 15.2. The lowest BCUT2D eigenvalue weighted by Crippen LogP contribution is -2.07. The van der Waals surface area contributed by atoms with Crippen LogP contribution in [0.2, 0.25) is 0 Å². The van der Waals surface area contributed by atoms with Crippen LogP contribution in [0.3, 0.4) is 0 Å². The Bertz CT molecular complexity index is 871. The molecule has 0 saturated heterocycles. The number of rotatable bonds is 5. The van der Waals surface area contributed by atoms with Crippen LogP contribution in [0.4, 0.5) is 0 Å². The highest BCUT2D eigenvalue weighted by Gasteiger charge is 2.21. The van der Waals surface area contributed by atoms with Gasteiger partial charge in [-0.25, -0.2) is 4.79 Å². The van der Waals surface area contributed by atoms with E-state index in [1.165, 1.54) is 0 Å². The highest BCUT2D eigenvalue weighted by Crippen LogP contribution is 2.32. The van der Waals surface area contributed by atoms with Crippen molar-refractivity contribution in [2.75, 3.05) is 6.61 Å². The summed E-state index contributed by atoms with van der Waals surface area (Å²) in [5.41, 5.74) is 2.43. The molecule has 2 aromatic carbocycles. The number of hydrogen-bond donors (Lipinski definition) is 0. The topological polar surface area (TPSA) is 40.5 Å². The number of benzene rings is 2. The molecular weight excluding hydrogens is 370 g/mol. The Labute approximate surface area is 149 Å². The van der Waals surface area contributed by atoms with Crippen molar-refractivity contribution in [3.05, 3.63) is 59.8 Å². The molecule has 0 spiro atoms. The van der Waals surface area contributed by atoms with Crippen LogP contribution in [-0.2, 0) is 17.1 Å². The summed E-state index contributed by atoms with van der Waals surface area (Å²) in [6.07, 6.45) is 0. The van der Waals surface area contributed by atoms with Crippen LogP contribution < -0.4 is 4.74 Å². The predicted molar refractivity (Wildman–Crippen MR) is 98.0 cm³/mol. The Morgan fingerprint density at radius 1 is 1.12 bits per heavy atom. The zero-order chi connectivity index (χ0) is 17.1. The number of halogens is 1. The highest BCUT2D eigenvalue weighted by molar-refractivity contribution is 9.08. The molecule has 0 radical (unpaired) electrons. The molecule has 0 saturated carbocycles. The van der Waals surface area contributed by atoms with E-state index in [4.69, 9.17) is 9.47 Å². The van der Waals surface area contributed by atoms with E-state index in [1.54, 1.807) is 0 Å². The van der Waals surface area contributed by atoms with E-state index in [0.717, 1.165) is 28.1 Å². The first kappa shape index (κ1) is 16.6. The fraction of sp³-hybridized carbons (Fsp3) is 0.211. The van der Waals surface area contributed by atoms with Gasteiger partial charge < -0.3 is 14.0 Å². The Morgan fingerprint density at radius 3 is 2.54 bits per heavy atom. The second-order valence-corrected chi connectivity index (χ2v) is 5.89. The monoisotopic (exact) mass is 387 g/mol. The lowest BCUT2D eigenvalue weighted by Gasteiger charge is -2.06. The van der Waals surface area contributed by atoms with Gasteiger partial charge in [0.2, 0.25) is 0 Å². The molecule has 4 nitrogen and oxygen atoms in total. The minimum Gasteiger partial charge on any atom is -0.462 e. The number of esters is 1. The summed E-state index contributed by atoms with van der Waals surface area (Å²) in [6, 6.07) is 15.3. The van der Waals surface area contributed by atoms with E-state index >= 15 is 0 Å². The maximum absolute atomic E-state index is 12.3. The summed E-state index contributed by atoms with van der Waals surface area (Å²) in [5, 5.41) is 1.44. The summed E-state index contributed by atoms with van der Waals surface area (Å²) >= 11 is 3.47. The zero-order valence-electron chi connectivity index (χ0n) is 13.6. The van der Waals surface area contributed by atoms with Crippen molar-refractivity contribution in [2.24, 2.45) is 7.05 Å². The SMILES string of the molecule is CCOC(=O)c1c(CBr)n(C)c2cc(Oc3ccccc3)ccc12. The second-order valence-electron chi connectivity index (χ2n) is 5.33. The van der Waals surface area contributed by atoms with Crippen molar-refractivity contribution >= 4 is 32.8 Å². The maximum Gasteiger partial charge on any atom is 0.340 e. The van der Waals surface area contributed by atoms with Crippen molar-refractivity contribution in [3.63, 3.8) is 0 Å². The number of aryl methyl sites for hydroxylation is 1. The van der Waals surface area contributed by atoms with E-state index in [9.17, 15) is 4.79 Å². The fourth-order valence-corrected chi connectivity index (χ4v) is 3.40. The van der Waals surface area contributed by atoms with Gasteiger partial charge in [-0.05, 0) is 31.2 Å². The molecular formula is C19H18BrNO3. The second kappa shape index (κ2) is 7.09. The molecule has 3 rings (SSSR count). The van der Waals surface area contributed by atoms with Crippen LogP contribution in [0.15, 0.2) is 48.5 Å². The van der Waals surface area contributed by atoms with E-state index in [1.807, 2.05) is 67.1 Å². The first-order valence-corrected chi connectivity index (χ1v) is 8.85. The van der Waals surface area contributed by atoms with Crippen molar-refractivity contribution in [3.8, 4) is 11.5 Å². The molecule has 24 heavy (non-hydrogen) atoms. The Hall–Kier alpha value is -2.27. The smallest absolute Gasteiger partial charge is 0.340 e. The summed E-state index contributed by atoms with van der Waals surface area (Å²) in [7, 11) is 1.94. The van der Waals surface area contributed by atoms with Gasteiger partial charge in [-0.3, -0.25) is 0 Å². The average Bonchev–Trinajstić information content (AvgIpc) is 2.88. The molecule has 0 aliphatic heterocycles. The lowest BCUT2D eigenvalue weighted by atomic mass is 10.1. The van der Waals surface area contributed by atoms with Crippen LogP contribution >= 0.6 is 15.9 Å². The minimum atomic E-state index is -0.297. The molecule has 0 aliphatic rings. The normalized spacial score (nSPS) is 10.8. The number of carbonyl (C=O) groups is 1. The van der Waals surface area contributed by atoms with Gasteiger partial charge in [0.25, 0.3) is 0 Å². The number of para-hydroxylation sites is 1. The number of hydrogen-bond acceptors (Lipinski definition) is 3. The molecule has 0 fully saturated rings. The molecule has 0 unspecified atom stereocenters. The highest BCUT2D eigenvalue weighted by atomic mass is 79.9. The van der Waals surface area contributed by atoms with Gasteiger partial charge in [0, 0.05) is 29.5 Å². The van der Waals surface area contributed by atoms with Gasteiger partial charge in [-0.2, -0.15) is 0 Å². The molecule has 0 bridgehead atoms. The molecule has 5 heteroatoms. The number of aromatic nitrogens is 1. The first-order chi connectivity index (χ1) is 11.7. The van der Waals surface area contributed by atoms with Crippen molar-refractivity contribution in [2.45, 2.75) is 12.3 Å². The molecule has 1 aromatic heterocycles. The van der Waals surface area contributed by atoms with E-state index in [2.05, 4.69) is 15.9 Å².